The Morgan fingerprint density at radius 1 is 0.967 bits per heavy atom. The Kier molecular flexibility index (Phi) is 20.1. The first-order valence-electron chi connectivity index (χ1n) is 18.6. The van der Waals surface area contributed by atoms with Crippen molar-refractivity contribution in [2.75, 3.05) is 37.8 Å². The number of nitrogens with one attached hydrogen (secondary N) is 2. The van der Waals surface area contributed by atoms with Gasteiger partial charge in [0.2, 0.25) is 11.8 Å². The monoisotopic (exact) mass is 937 g/mol. The molecule has 342 valence electrons. The summed E-state index contributed by atoms with van der Waals surface area (Å²) in [6.07, 6.45) is -1.40. The predicted octanol–water partition coefficient (Wildman–Crippen LogP) is 0.776. The number of nitrogen functional groups attached to an aromatic ring is 1. The number of imidazole rings is 1. The average Bonchev–Trinajstić information content (AvgIpc) is 3.70. The van der Waals surface area contributed by atoms with Gasteiger partial charge in [0.15, 0.2) is 22.8 Å². The zero-order chi connectivity index (χ0) is 44.9. The molecule has 3 heterocycles. The highest BCUT2D eigenvalue weighted by atomic mass is 32.2. The molecule has 0 radical (unpaired) electrons. The molecule has 0 saturated carbocycles. The van der Waals surface area contributed by atoms with Gasteiger partial charge in [-0.05, 0) is 19.8 Å². The van der Waals surface area contributed by atoms with Crippen molar-refractivity contribution in [3.63, 3.8) is 0 Å². The maximum absolute atomic E-state index is 12.7. The molecule has 25 nitrogen and oxygen atoms in total. The van der Waals surface area contributed by atoms with E-state index in [1.54, 1.807) is 6.92 Å². The van der Waals surface area contributed by atoms with Crippen LogP contribution in [0.5, 0.6) is 0 Å². The Balaban J connectivity index is 1.40. The Bertz CT molecular complexity index is 1890. The minimum atomic E-state index is -5.58. The average molecular weight is 938 g/mol. The van der Waals surface area contributed by atoms with Gasteiger partial charge in [0.05, 0.1) is 25.6 Å². The summed E-state index contributed by atoms with van der Waals surface area (Å²) in [7, 11) is -16.4. The van der Waals surface area contributed by atoms with Gasteiger partial charge in [-0.15, -0.1) is 0 Å². The quantitative estimate of drug-likeness (QED) is 0.0437. The third kappa shape index (κ3) is 17.4. The van der Waals surface area contributed by atoms with Crippen LogP contribution in [0.25, 0.3) is 11.2 Å². The molecule has 2 amide bonds. The summed E-state index contributed by atoms with van der Waals surface area (Å²) >= 11 is 1.11. The summed E-state index contributed by atoms with van der Waals surface area (Å²) in [6.45, 7) is 2.25. The number of hydrogen-bond donors (Lipinski definition) is 10. The molecule has 29 heteroatoms. The van der Waals surface area contributed by atoms with E-state index < -0.39 is 84.6 Å². The second-order valence-electron chi connectivity index (χ2n) is 14.4. The Labute approximate surface area is 348 Å². The fourth-order valence-corrected chi connectivity index (χ4v) is 9.16. The van der Waals surface area contributed by atoms with Crippen LogP contribution in [0, 0.1) is 5.41 Å². The maximum Gasteiger partial charge on any atom is 0.481 e. The molecule has 1 aliphatic rings. The molecule has 60 heavy (non-hydrogen) atoms. The number of phosphoric ester groups is 3. The Morgan fingerprint density at radius 3 is 2.32 bits per heavy atom. The van der Waals surface area contributed by atoms with Crippen LogP contribution in [0.3, 0.4) is 0 Å². The number of hydrogen-bond acceptors (Lipinski definition) is 19. The standard InChI is InChI=1S/C31H54N7O18P3S/c1-19(39)9-7-5-4-6-8-10-22(41)60-14-13-33-21(40)11-12-34-29(44)26(43)31(2,3)16-53-59(50,51)56-58(48,49)52-15-20-25(55-57(45,46)47)24(42)30(54-20)38-18-37-23-27(32)35-17-36-28(23)38/h17-20,24-26,30,39,42-43H,4-16H2,1-3H3,(H,33,40)(H,34,44)(H,48,49)(H,50,51)(H2,32,35,36)(H2,45,46,47). The van der Waals surface area contributed by atoms with Crippen LogP contribution in [-0.4, -0.2) is 134 Å². The molecule has 1 fully saturated rings. The number of amides is 2. The van der Waals surface area contributed by atoms with Crippen molar-refractivity contribution in [3.05, 3.63) is 12.7 Å². The number of unbranched alkanes of at least 4 members (excludes halogenated alkanes) is 4. The number of fused-ring (bicyclic) bond motifs is 1. The molecule has 2 aromatic rings. The number of ether oxygens (including phenoxy) is 1. The summed E-state index contributed by atoms with van der Waals surface area (Å²) in [5, 5.41) is 35.7. The van der Waals surface area contributed by atoms with Crippen LogP contribution < -0.4 is 16.4 Å². The minimum Gasteiger partial charge on any atom is -0.393 e. The molecule has 2 aromatic heterocycles. The first-order valence-corrected chi connectivity index (χ1v) is 24.1. The van der Waals surface area contributed by atoms with E-state index in [0.717, 1.165) is 67.5 Å². The molecule has 1 aliphatic heterocycles. The van der Waals surface area contributed by atoms with Crippen molar-refractivity contribution in [3.8, 4) is 0 Å². The van der Waals surface area contributed by atoms with Gasteiger partial charge < -0.3 is 56.0 Å². The number of aliphatic hydroxyl groups excluding tert-OH is 3. The number of nitrogens with two attached hydrogens (primary N) is 1. The van der Waals surface area contributed by atoms with Crippen molar-refractivity contribution in [1.29, 1.82) is 0 Å². The Morgan fingerprint density at radius 2 is 1.63 bits per heavy atom. The second kappa shape index (κ2) is 23.3. The Hall–Kier alpha value is -2.48. The molecular formula is C31H54N7O18P3S. The van der Waals surface area contributed by atoms with Crippen LogP contribution in [0.15, 0.2) is 12.7 Å². The van der Waals surface area contributed by atoms with Crippen molar-refractivity contribution in [1.82, 2.24) is 30.2 Å². The lowest BCUT2D eigenvalue weighted by atomic mass is 9.87. The normalized spacial score (nSPS) is 21.6. The van der Waals surface area contributed by atoms with E-state index in [4.69, 9.17) is 19.5 Å². The summed E-state index contributed by atoms with van der Waals surface area (Å²) in [4.78, 5) is 87.8. The number of aromatic nitrogens is 4. The van der Waals surface area contributed by atoms with Gasteiger partial charge in [-0.2, -0.15) is 4.31 Å². The zero-order valence-corrected chi connectivity index (χ0v) is 36.5. The second-order valence-corrected chi connectivity index (χ2v) is 19.8. The lowest BCUT2D eigenvalue weighted by Gasteiger charge is -2.30. The SMILES string of the molecule is CC(O)CCCCCCCC(=O)SCCNC(=O)CCNC(=O)C(O)C(C)(C)COP(=O)(O)OP(=O)(O)OCC1OC(n2cnc3c(N)ncnc32)C(O)C1OP(=O)(O)O. The van der Waals surface area contributed by atoms with Gasteiger partial charge >= 0.3 is 23.5 Å². The van der Waals surface area contributed by atoms with Gasteiger partial charge in [-0.25, -0.2) is 28.6 Å². The summed E-state index contributed by atoms with van der Waals surface area (Å²) in [5.74, 6) is -1.09. The van der Waals surface area contributed by atoms with E-state index in [1.165, 1.54) is 13.8 Å². The van der Waals surface area contributed by atoms with Crippen molar-refractivity contribution >= 4 is 69.1 Å². The first-order chi connectivity index (χ1) is 27.9. The van der Waals surface area contributed by atoms with Crippen LogP contribution in [0.2, 0.25) is 0 Å². The molecule has 0 spiro atoms. The van der Waals surface area contributed by atoms with Gasteiger partial charge in [-0.3, -0.25) is 32.5 Å². The number of thioether (sulfide) groups is 1. The van der Waals surface area contributed by atoms with Gasteiger partial charge in [0.1, 0.15) is 36.3 Å². The molecule has 1 saturated heterocycles. The van der Waals surface area contributed by atoms with E-state index in [0.29, 0.717) is 12.2 Å². The van der Waals surface area contributed by atoms with Crippen molar-refractivity contribution in [2.45, 2.75) is 109 Å². The molecule has 8 unspecified atom stereocenters. The van der Waals surface area contributed by atoms with Crippen LogP contribution in [0.1, 0.15) is 78.4 Å². The number of carbonyl (C=O) groups is 3. The van der Waals surface area contributed by atoms with Crippen LogP contribution in [-0.2, 0) is 50.7 Å². The highest BCUT2D eigenvalue weighted by Crippen LogP contribution is 2.61. The van der Waals surface area contributed by atoms with Gasteiger partial charge in [-0.1, -0.05) is 51.3 Å². The molecule has 0 aromatic carbocycles. The van der Waals surface area contributed by atoms with Gasteiger partial charge in [0, 0.05) is 37.1 Å². The molecule has 8 atom stereocenters. The van der Waals surface area contributed by atoms with E-state index in [2.05, 4.69) is 34.4 Å². The summed E-state index contributed by atoms with van der Waals surface area (Å²) in [6, 6.07) is 0. The largest absolute Gasteiger partial charge is 0.481 e. The van der Waals surface area contributed by atoms with Crippen LogP contribution >= 0.6 is 35.2 Å². The van der Waals surface area contributed by atoms with Crippen molar-refractivity contribution in [2.24, 2.45) is 5.41 Å². The molecule has 0 bridgehead atoms. The third-order valence-corrected chi connectivity index (χ3v) is 12.8. The first kappa shape index (κ1) is 51.9. The number of aliphatic hydroxyl groups is 3. The molecule has 11 N–H and O–H groups in total. The third-order valence-electron chi connectivity index (χ3n) is 8.77. The highest BCUT2D eigenvalue weighted by molar-refractivity contribution is 8.13. The van der Waals surface area contributed by atoms with Crippen LogP contribution in [0.4, 0.5) is 5.82 Å². The maximum atomic E-state index is 12.7. The number of phosphoric acid groups is 3. The lowest BCUT2D eigenvalue weighted by molar-refractivity contribution is -0.137. The fourth-order valence-electron chi connectivity index (χ4n) is 5.61. The fraction of sp³-hybridized carbons (Fsp3) is 0.742. The molecule has 0 aliphatic carbocycles. The van der Waals surface area contributed by atoms with Crippen molar-refractivity contribution < 1.29 is 85.6 Å². The number of carbonyl (C=O) groups excluding carboxylic acids is 3. The minimum absolute atomic E-state index is 0.0187. The van der Waals surface area contributed by atoms with E-state index >= 15 is 0 Å². The number of anilines is 1. The topological polar surface area (TPSA) is 384 Å². The zero-order valence-electron chi connectivity index (χ0n) is 33.0. The smallest absolute Gasteiger partial charge is 0.393 e. The molecule has 3 rings (SSSR count). The van der Waals surface area contributed by atoms with E-state index in [1.807, 2.05) is 0 Å². The van der Waals surface area contributed by atoms with E-state index in [-0.39, 0.29) is 47.7 Å². The summed E-state index contributed by atoms with van der Waals surface area (Å²) < 4.78 is 62.2. The number of nitrogens with zero attached hydrogens (tertiary/aromatic N) is 4. The molecular weight excluding hydrogens is 883 g/mol. The predicted molar refractivity (Wildman–Crippen MR) is 211 cm³/mol. The lowest BCUT2D eigenvalue weighted by Crippen LogP contribution is -2.46. The van der Waals surface area contributed by atoms with E-state index in [9.17, 15) is 63.0 Å². The summed E-state index contributed by atoms with van der Waals surface area (Å²) in [5.41, 5.74) is 4.26. The van der Waals surface area contributed by atoms with Gasteiger partial charge in [0.25, 0.3) is 0 Å². The number of rotatable bonds is 27. The highest BCUT2D eigenvalue weighted by Gasteiger charge is 2.50.